The first kappa shape index (κ1) is 42.7. The summed E-state index contributed by atoms with van der Waals surface area (Å²) in [5, 5.41) is 9.97. The first-order valence-electron chi connectivity index (χ1n) is 14.9. The van der Waals surface area contributed by atoms with Gasteiger partial charge in [0.05, 0.1) is 20.8 Å². The average molecular weight is 729 g/mol. The number of rotatable bonds is 18. The van der Waals surface area contributed by atoms with Crippen LogP contribution in [-0.4, -0.2) is 96.9 Å². The van der Waals surface area contributed by atoms with Gasteiger partial charge in [0.25, 0.3) is 0 Å². The molecular weight excluding hydrogens is 684 g/mol. The molecule has 0 bridgehead atoms. The lowest BCUT2D eigenvalue weighted by atomic mass is 10.0. The van der Waals surface area contributed by atoms with Gasteiger partial charge in [-0.1, -0.05) is 48.4 Å². The van der Waals surface area contributed by atoms with Crippen LogP contribution in [0.15, 0.2) is 18.2 Å². The molecule has 1 rings (SSSR count). The number of carbonyl (C=O) groups excluding carboxylic acids is 8. The molecule has 0 aliphatic rings. The maximum atomic E-state index is 13.1. The summed E-state index contributed by atoms with van der Waals surface area (Å²) in [5.74, 6) is -5.33. The van der Waals surface area contributed by atoms with E-state index in [0.29, 0.717) is 5.56 Å². The lowest BCUT2D eigenvalue weighted by molar-refractivity contribution is -0.145. The molecule has 0 aliphatic heterocycles. The number of amides is 4. The molecule has 1 aromatic rings. The highest BCUT2D eigenvalue weighted by atomic mass is 33.1. The van der Waals surface area contributed by atoms with E-state index in [4.69, 9.17) is 14.2 Å². The lowest BCUT2D eigenvalue weighted by Crippen LogP contribution is -2.52. The summed E-state index contributed by atoms with van der Waals surface area (Å²) in [6.07, 6.45) is -0.420. The van der Waals surface area contributed by atoms with Gasteiger partial charge in [0.1, 0.15) is 18.1 Å². The third-order valence-corrected chi connectivity index (χ3v) is 9.27. The first-order chi connectivity index (χ1) is 22.8. The molecule has 0 radical (unpaired) electrons. The average Bonchev–Trinajstić information content (AvgIpc) is 3.00. The summed E-state index contributed by atoms with van der Waals surface area (Å²) in [7, 11) is 5.09. The zero-order chi connectivity index (χ0) is 37.3. The van der Waals surface area contributed by atoms with Gasteiger partial charge in [0.2, 0.25) is 23.6 Å². The lowest BCUT2D eigenvalue weighted by Gasteiger charge is -2.22. The van der Waals surface area contributed by atoms with Crippen molar-refractivity contribution in [2.24, 2.45) is 0 Å². The highest BCUT2D eigenvalue weighted by Gasteiger charge is 2.27. The maximum absolute atomic E-state index is 13.1. The molecule has 4 N–H and O–H groups in total. The van der Waals surface area contributed by atoms with Crippen LogP contribution in [0.5, 0.6) is 11.5 Å². The fourth-order valence-corrected chi connectivity index (χ4v) is 6.37. The van der Waals surface area contributed by atoms with E-state index in [9.17, 15) is 38.4 Å². The second kappa shape index (κ2) is 20.9. The Bertz CT molecular complexity index is 1380. The normalized spacial score (nSPS) is 12.7. The molecule has 0 aromatic heterocycles. The van der Waals surface area contributed by atoms with E-state index in [1.807, 2.05) is 20.8 Å². The summed E-state index contributed by atoms with van der Waals surface area (Å²) in [5.41, 5.74) is 0.413. The van der Waals surface area contributed by atoms with Crippen LogP contribution < -0.4 is 30.7 Å². The summed E-state index contributed by atoms with van der Waals surface area (Å²) < 4.78 is 19.5. The second-order valence-corrected chi connectivity index (χ2v) is 14.6. The Morgan fingerprint density at radius 1 is 0.755 bits per heavy atom. The van der Waals surface area contributed by atoms with Gasteiger partial charge in [-0.05, 0) is 24.1 Å². The monoisotopic (exact) mass is 728 g/mol. The number of benzene rings is 1. The molecule has 0 fully saturated rings. The van der Waals surface area contributed by atoms with Crippen molar-refractivity contribution in [3.05, 3.63) is 23.8 Å². The third-order valence-electron chi connectivity index (χ3n) is 5.92. The van der Waals surface area contributed by atoms with Gasteiger partial charge in [-0.3, -0.25) is 28.8 Å². The zero-order valence-corrected chi connectivity index (χ0v) is 30.3. The highest BCUT2D eigenvalue weighted by molar-refractivity contribution is 8.77. The van der Waals surface area contributed by atoms with Crippen molar-refractivity contribution in [3.8, 4) is 11.5 Å². The molecule has 0 unspecified atom stereocenters. The Balaban J connectivity index is 2.99. The van der Waals surface area contributed by atoms with Crippen molar-refractivity contribution in [2.45, 2.75) is 83.7 Å². The minimum absolute atomic E-state index is 0.0236. The largest absolute Gasteiger partial charge is 0.467 e. The van der Waals surface area contributed by atoms with Crippen molar-refractivity contribution in [2.75, 3.05) is 26.5 Å². The van der Waals surface area contributed by atoms with Gasteiger partial charge < -0.3 is 40.2 Å². The number of nitrogens with one attached hydrogen (secondary N) is 4. The van der Waals surface area contributed by atoms with Gasteiger partial charge in [0, 0.05) is 44.1 Å². The molecule has 1 aromatic carbocycles. The maximum Gasteiger partial charge on any atom is 0.328 e. The number of hydrogen-bond acceptors (Lipinski definition) is 14. The molecule has 3 atom stereocenters. The minimum Gasteiger partial charge on any atom is -0.467 e. The number of hydrogen-bond donors (Lipinski definition) is 4. The summed E-state index contributed by atoms with van der Waals surface area (Å²) in [4.78, 5) is 97.8. The van der Waals surface area contributed by atoms with Crippen LogP contribution in [0.3, 0.4) is 0 Å². The summed E-state index contributed by atoms with van der Waals surface area (Å²) in [6, 6.07) is 0.875. The van der Waals surface area contributed by atoms with Gasteiger partial charge in [-0.25, -0.2) is 9.59 Å². The predicted octanol–water partition coefficient (Wildman–Crippen LogP) is 0.976. The Morgan fingerprint density at radius 3 is 1.88 bits per heavy atom. The van der Waals surface area contributed by atoms with E-state index < -0.39 is 72.2 Å². The van der Waals surface area contributed by atoms with Crippen LogP contribution in [0, 0.1) is 0 Å². The number of ether oxygens (including phenoxy) is 4. The van der Waals surface area contributed by atoms with Crippen molar-refractivity contribution >= 4 is 69.1 Å². The smallest absolute Gasteiger partial charge is 0.328 e. The zero-order valence-electron chi connectivity index (χ0n) is 28.7. The molecule has 49 heavy (non-hydrogen) atoms. The van der Waals surface area contributed by atoms with Gasteiger partial charge in [-0.2, -0.15) is 0 Å². The molecule has 0 saturated heterocycles. The van der Waals surface area contributed by atoms with E-state index in [2.05, 4.69) is 26.0 Å². The van der Waals surface area contributed by atoms with Crippen LogP contribution >= 0.6 is 21.6 Å². The summed E-state index contributed by atoms with van der Waals surface area (Å²) >= 11 is 0. The molecule has 272 valence electrons. The van der Waals surface area contributed by atoms with Crippen molar-refractivity contribution in [3.63, 3.8) is 0 Å². The molecular formula is C31H44N4O12S2. The van der Waals surface area contributed by atoms with E-state index in [-0.39, 0.29) is 41.3 Å². The van der Waals surface area contributed by atoms with Crippen LogP contribution in [0.4, 0.5) is 0 Å². The van der Waals surface area contributed by atoms with E-state index in [1.54, 1.807) is 0 Å². The summed E-state index contributed by atoms with van der Waals surface area (Å²) in [6.45, 7) is 8.90. The molecule has 0 aliphatic carbocycles. The predicted molar refractivity (Wildman–Crippen MR) is 180 cm³/mol. The quantitative estimate of drug-likeness (QED) is 0.0941. The standard InChI is InChI=1S/C31H44N4O12S2/c1-17(36)33-21(29(42)44-7)10-12-26(39)35-23(16-48-49-31(4,5)6)28(41)32-15-27(40)34-22(30(43)45-8)13-20-9-11-24(46-18(2)37)25(14-20)47-19(3)38/h9,11,14,21-23H,10,12-13,15-16H2,1-8H3,(H,32,41)(H,33,36)(H,34,40)(H,35,39)/t21-,22+,23-/m0/s1. The van der Waals surface area contributed by atoms with Crippen LogP contribution in [-0.2, 0) is 54.3 Å². The number of carbonyl (C=O) groups is 8. The van der Waals surface area contributed by atoms with E-state index >= 15 is 0 Å². The second-order valence-electron chi connectivity index (χ2n) is 11.4. The van der Waals surface area contributed by atoms with Crippen molar-refractivity contribution in [1.29, 1.82) is 0 Å². The third kappa shape index (κ3) is 17.6. The van der Waals surface area contributed by atoms with Crippen molar-refractivity contribution in [1.82, 2.24) is 21.3 Å². The first-order valence-corrected chi connectivity index (χ1v) is 17.3. The topological polar surface area (TPSA) is 222 Å². The fraction of sp³-hybridized carbons (Fsp3) is 0.548. The van der Waals surface area contributed by atoms with E-state index in [0.717, 1.165) is 21.1 Å². The molecule has 0 saturated carbocycles. The Labute approximate surface area is 292 Å². The van der Waals surface area contributed by atoms with Crippen LogP contribution in [0.25, 0.3) is 0 Å². The molecule has 0 heterocycles. The number of esters is 4. The fourth-order valence-electron chi connectivity index (χ4n) is 3.90. The van der Waals surface area contributed by atoms with E-state index in [1.165, 1.54) is 53.6 Å². The molecule has 16 nitrogen and oxygen atoms in total. The highest BCUT2D eigenvalue weighted by Crippen LogP contribution is 2.35. The minimum atomic E-state index is -1.22. The molecule has 18 heteroatoms. The number of methoxy groups -OCH3 is 2. The van der Waals surface area contributed by atoms with Gasteiger partial charge >= 0.3 is 23.9 Å². The van der Waals surface area contributed by atoms with Crippen LogP contribution in [0.1, 0.15) is 59.9 Å². The molecule has 0 spiro atoms. The van der Waals surface area contributed by atoms with Gasteiger partial charge in [-0.15, -0.1) is 0 Å². The van der Waals surface area contributed by atoms with Crippen LogP contribution in [0.2, 0.25) is 0 Å². The van der Waals surface area contributed by atoms with Gasteiger partial charge in [0.15, 0.2) is 11.5 Å². The Kier molecular flexibility index (Phi) is 18.2. The molecule has 4 amide bonds. The Morgan fingerprint density at radius 2 is 1.33 bits per heavy atom. The van der Waals surface area contributed by atoms with Crippen molar-refractivity contribution < 1.29 is 57.3 Å². The SMILES string of the molecule is COC(=O)[C@H](CCC(=O)N[C@@H](CSSC(C)(C)C)C(=O)NCC(=O)N[C@H](Cc1ccc(OC(C)=O)c(OC(C)=O)c1)C(=O)OC)NC(C)=O. The Hall–Kier alpha value is -4.32.